The molecule has 0 fully saturated rings. The molecule has 0 aliphatic carbocycles. The van der Waals surface area contributed by atoms with Crippen LogP contribution in [0.5, 0.6) is 5.75 Å². The molecule has 4 nitrogen and oxygen atoms in total. The molecule has 0 spiro atoms. The fourth-order valence-corrected chi connectivity index (χ4v) is 2.21. The lowest BCUT2D eigenvalue weighted by atomic mass is 10.1. The van der Waals surface area contributed by atoms with E-state index >= 15 is 0 Å². The Morgan fingerprint density at radius 3 is 2.62 bits per heavy atom. The van der Waals surface area contributed by atoms with E-state index in [1.807, 2.05) is 25.1 Å². The second kappa shape index (κ2) is 5.40. The van der Waals surface area contributed by atoms with Crippen LogP contribution in [0.4, 0.5) is 0 Å². The van der Waals surface area contributed by atoms with Crippen LogP contribution in [0.2, 0.25) is 0 Å². The van der Waals surface area contributed by atoms with Gasteiger partial charge in [-0.2, -0.15) is 4.98 Å². The van der Waals surface area contributed by atoms with Crippen molar-refractivity contribution in [3.8, 4) is 17.2 Å². The van der Waals surface area contributed by atoms with Gasteiger partial charge in [0.05, 0.1) is 0 Å². The summed E-state index contributed by atoms with van der Waals surface area (Å²) >= 11 is 0. The number of phenolic OH excluding ortho intramolecular Hbond substituents is 1. The summed E-state index contributed by atoms with van der Waals surface area (Å²) in [6, 6.07) is 13.4. The first kappa shape index (κ1) is 13.4. The minimum absolute atomic E-state index is 0.262. The molecule has 106 valence electrons. The molecular weight excluding hydrogens is 264 g/mol. The average Bonchev–Trinajstić information content (AvgIpc) is 2.93. The molecule has 0 saturated carbocycles. The van der Waals surface area contributed by atoms with Crippen molar-refractivity contribution in [2.45, 2.75) is 20.3 Å². The second-order valence-electron chi connectivity index (χ2n) is 5.12. The van der Waals surface area contributed by atoms with Crippen LogP contribution in [-0.2, 0) is 6.42 Å². The molecule has 0 amide bonds. The molecule has 3 aromatic rings. The number of hydrogen-bond donors (Lipinski definition) is 1. The van der Waals surface area contributed by atoms with Crippen molar-refractivity contribution in [1.29, 1.82) is 0 Å². The molecule has 0 saturated heterocycles. The second-order valence-corrected chi connectivity index (χ2v) is 5.12. The van der Waals surface area contributed by atoms with Gasteiger partial charge in [0.25, 0.3) is 5.89 Å². The largest absolute Gasteiger partial charge is 0.508 e. The van der Waals surface area contributed by atoms with Gasteiger partial charge in [-0.05, 0) is 48.7 Å². The molecule has 0 aliphatic rings. The number of aromatic hydroxyl groups is 1. The van der Waals surface area contributed by atoms with Crippen LogP contribution in [0, 0.1) is 13.8 Å². The summed E-state index contributed by atoms with van der Waals surface area (Å²) < 4.78 is 5.31. The van der Waals surface area contributed by atoms with Gasteiger partial charge < -0.3 is 9.63 Å². The van der Waals surface area contributed by atoms with Gasteiger partial charge in [0.2, 0.25) is 0 Å². The molecule has 3 rings (SSSR count). The Labute approximate surface area is 123 Å². The average molecular weight is 280 g/mol. The normalized spacial score (nSPS) is 10.8. The SMILES string of the molecule is Cc1cc(-c2nc(Cc3ccccc3C)no2)ccc1O. The van der Waals surface area contributed by atoms with Crippen LogP contribution in [0.1, 0.15) is 22.5 Å². The number of hydrogen-bond acceptors (Lipinski definition) is 4. The van der Waals surface area contributed by atoms with Crippen LogP contribution < -0.4 is 0 Å². The molecule has 1 aromatic heterocycles. The Morgan fingerprint density at radius 1 is 1.05 bits per heavy atom. The zero-order chi connectivity index (χ0) is 14.8. The van der Waals surface area contributed by atoms with Crippen molar-refractivity contribution in [2.75, 3.05) is 0 Å². The minimum Gasteiger partial charge on any atom is -0.508 e. The van der Waals surface area contributed by atoms with E-state index in [9.17, 15) is 5.11 Å². The lowest BCUT2D eigenvalue weighted by molar-refractivity contribution is 0.423. The molecule has 21 heavy (non-hydrogen) atoms. The van der Waals surface area contributed by atoms with Crippen LogP contribution in [0.25, 0.3) is 11.5 Å². The number of benzene rings is 2. The highest BCUT2D eigenvalue weighted by molar-refractivity contribution is 5.56. The third-order valence-corrected chi connectivity index (χ3v) is 3.52. The summed E-state index contributed by atoms with van der Waals surface area (Å²) in [5, 5.41) is 13.6. The van der Waals surface area contributed by atoms with E-state index in [0.29, 0.717) is 18.1 Å². The number of phenols is 1. The smallest absolute Gasteiger partial charge is 0.257 e. The third-order valence-electron chi connectivity index (χ3n) is 3.52. The highest BCUT2D eigenvalue weighted by Gasteiger charge is 2.11. The Balaban J connectivity index is 1.86. The van der Waals surface area contributed by atoms with Gasteiger partial charge in [-0.3, -0.25) is 0 Å². The lowest BCUT2D eigenvalue weighted by Crippen LogP contribution is -1.93. The third kappa shape index (κ3) is 2.79. The summed E-state index contributed by atoms with van der Waals surface area (Å²) in [4.78, 5) is 4.43. The Morgan fingerprint density at radius 2 is 1.86 bits per heavy atom. The molecule has 1 N–H and O–H groups in total. The van der Waals surface area contributed by atoms with Crippen molar-refractivity contribution in [1.82, 2.24) is 10.1 Å². The van der Waals surface area contributed by atoms with Crippen LogP contribution in [0.15, 0.2) is 47.0 Å². The number of nitrogens with zero attached hydrogens (tertiary/aromatic N) is 2. The van der Waals surface area contributed by atoms with Crippen molar-refractivity contribution >= 4 is 0 Å². The maximum absolute atomic E-state index is 9.55. The quantitative estimate of drug-likeness (QED) is 0.795. The highest BCUT2D eigenvalue weighted by atomic mass is 16.5. The van der Waals surface area contributed by atoms with Gasteiger partial charge in [-0.15, -0.1) is 0 Å². The summed E-state index contributed by atoms with van der Waals surface area (Å²) in [5.74, 6) is 1.39. The maximum Gasteiger partial charge on any atom is 0.257 e. The minimum atomic E-state index is 0.262. The van der Waals surface area contributed by atoms with Crippen LogP contribution in [0.3, 0.4) is 0 Å². The fraction of sp³-hybridized carbons (Fsp3) is 0.176. The number of aromatic nitrogens is 2. The molecule has 0 unspecified atom stereocenters. The molecule has 4 heteroatoms. The molecule has 1 heterocycles. The molecule has 0 bridgehead atoms. The van der Waals surface area contributed by atoms with Crippen LogP contribution >= 0.6 is 0 Å². The predicted octanol–water partition coefficient (Wildman–Crippen LogP) is 3.65. The molecule has 0 radical (unpaired) electrons. The zero-order valence-corrected chi connectivity index (χ0v) is 12.0. The van der Waals surface area contributed by atoms with Gasteiger partial charge in [-0.1, -0.05) is 29.4 Å². The van der Waals surface area contributed by atoms with Crippen molar-refractivity contribution in [2.24, 2.45) is 0 Å². The van der Waals surface area contributed by atoms with E-state index in [0.717, 1.165) is 11.1 Å². The van der Waals surface area contributed by atoms with E-state index in [-0.39, 0.29) is 5.75 Å². The Kier molecular flexibility index (Phi) is 3.44. The number of rotatable bonds is 3. The molecule has 0 atom stereocenters. The standard InChI is InChI=1S/C17H16N2O2/c1-11-5-3-4-6-13(11)10-16-18-17(21-19-16)14-7-8-15(20)12(2)9-14/h3-9,20H,10H2,1-2H3. The first-order valence-corrected chi connectivity index (χ1v) is 6.80. The summed E-state index contributed by atoms with van der Waals surface area (Å²) in [5.41, 5.74) is 4.00. The van der Waals surface area contributed by atoms with Crippen LogP contribution in [-0.4, -0.2) is 15.2 Å². The molecular formula is C17H16N2O2. The van der Waals surface area contributed by atoms with Gasteiger partial charge in [0, 0.05) is 12.0 Å². The maximum atomic E-state index is 9.55. The summed E-state index contributed by atoms with van der Waals surface area (Å²) in [7, 11) is 0. The first-order chi connectivity index (χ1) is 10.1. The predicted molar refractivity (Wildman–Crippen MR) is 80.1 cm³/mol. The van der Waals surface area contributed by atoms with Gasteiger partial charge in [0.1, 0.15) is 5.75 Å². The van der Waals surface area contributed by atoms with E-state index < -0.39 is 0 Å². The zero-order valence-electron chi connectivity index (χ0n) is 12.0. The van der Waals surface area contributed by atoms with Crippen molar-refractivity contribution in [3.05, 3.63) is 65.0 Å². The van der Waals surface area contributed by atoms with E-state index in [1.165, 1.54) is 11.1 Å². The number of aryl methyl sites for hydroxylation is 2. The van der Waals surface area contributed by atoms with E-state index in [4.69, 9.17) is 4.52 Å². The summed E-state index contributed by atoms with van der Waals surface area (Å²) in [6.07, 6.45) is 0.646. The van der Waals surface area contributed by atoms with E-state index in [2.05, 4.69) is 29.2 Å². The van der Waals surface area contributed by atoms with E-state index in [1.54, 1.807) is 12.1 Å². The monoisotopic (exact) mass is 280 g/mol. The summed E-state index contributed by atoms with van der Waals surface area (Å²) in [6.45, 7) is 3.91. The van der Waals surface area contributed by atoms with Gasteiger partial charge in [-0.25, -0.2) is 0 Å². The van der Waals surface area contributed by atoms with Gasteiger partial charge >= 0.3 is 0 Å². The van der Waals surface area contributed by atoms with Crippen molar-refractivity contribution in [3.63, 3.8) is 0 Å². The van der Waals surface area contributed by atoms with Gasteiger partial charge in [0.15, 0.2) is 5.82 Å². The highest BCUT2D eigenvalue weighted by Crippen LogP contribution is 2.24. The molecule has 0 aliphatic heterocycles. The Hall–Kier alpha value is -2.62. The first-order valence-electron chi connectivity index (χ1n) is 6.80. The molecule has 2 aromatic carbocycles. The Bertz CT molecular complexity index is 778. The lowest BCUT2D eigenvalue weighted by Gasteiger charge is -2.01. The fourth-order valence-electron chi connectivity index (χ4n) is 2.21. The van der Waals surface area contributed by atoms with Crippen molar-refractivity contribution < 1.29 is 9.63 Å². The topological polar surface area (TPSA) is 59.2 Å².